The smallest absolute Gasteiger partial charge is 0.306 e. The molecule has 0 spiro atoms. The summed E-state index contributed by atoms with van der Waals surface area (Å²) in [6.07, 6.45) is 7.58. The molecule has 1 saturated carbocycles. The standard InChI is InChI=1S/C22H26F2O4/c23-22(24,15-27-16-8-4-3-5-9-16)13-12-17-18-10-6-1-2-7-11-21(26)28-20(18)14-19(17)25/h1,3-6,8-9,12-13,17-20,25H,2,7,10-11,14-15H2/b6-1-,13-12+/t17-,18-,19-,20+/m1/s1. The van der Waals surface area contributed by atoms with Gasteiger partial charge in [0.1, 0.15) is 11.9 Å². The average Bonchev–Trinajstić information content (AvgIpc) is 2.96. The number of hydrogen-bond acceptors (Lipinski definition) is 4. The van der Waals surface area contributed by atoms with E-state index < -0.39 is 30.7 Å². The fourth-order valence-electron chi connectivity index (χ4n) is 3.78. The minimum Gasteiger partial charge on any atom is -0.487 e. The lowest BCUT2D eigenvalue weighted by molar-refractivity contribution is -0.151. The summed E-state index contributed by atoms with van der Waals surface area (Å²) in [6.45, 7) is -0.778. The molecule has 1 aromatic carbocycles. The summed E-state index contributed by atoms with van der Waals surface area (Å²) in [5, 5.41) is 10.4. The Morgan fingerprint density at radius 1 is 1.25 bits per heavy atom. The molecule has 0 aromatic heterocycles. The van der Waals surface area contributed by atoms with Crippen molar-refractivity contribution in [1.29, 1.82) is 0 Å². The quantitative estimate of drug-likeness (QED) is 0.600. The monoisotopic (exact) mass is 392 g/mol. The maximum atomic E-state index is 14.2. The van der Waals surface area contributed by atoms with Gasteiger partial charge in [0, 0.05) is 24.7 Å². The lowest BCUT2D eigenvalue weighted by Gasteiger charge is -2.23. The molecule has 1 aliphatic carbocycles. The van der Waals surface area contributed by atoms with E-state index in [0.29, 0.717) is 18.6 Å². The third-order valence-electron chi connectivity index (χ3n) is 5.24. The molecule has 0 radical (unpaired) electrons. The van der Waals surface area contributed by atoms with Crippen LogP contribution < -0.4 is 4.74 Å². The molecule has 0 amide bonds. The summed E-state index contributed by atoms with van der Waals surface area (Å²) in [7, 11) is 0. The molecule has 152 valence electrons. The van der Waals surface area contributed by atoms with Gasteiger partial charge in [-0.25, -0.2) is 0 Å². The van der Waals surface area contributed by atoms with Crippen molar-refractivity contribution in [3.05, 3.63) is 54.6 Å². The molecule has 1 heterocycles. The molecule has 4 nitrogen and oxygen atoms in total. The first-order valence-corrected chi connectivity index (χ1v) is 9.72. The molecule has 1 N–H and O–H groups in total. The Hall–Kier alpha value is -2.21. The van der Waals surface area contributed by atoms with Gasteiger partial charge in [-0.2, -0.15) is 8.78 Å². The van der Waals surface area contributed by atoms with Crippen molar-refractivity contribution in [3.8, 4) is 5.75 Å². The van der Waals surface area contributed by atoms with Crippen LogP contribution in [0, 0.1) is 11.8 Å². The van der Waals surface area contributed by atoms with E-state index in [-0.39, 0.29) is 18.3 Å². The number of para-hydroxylation sites is 1. The minimum absolute atomic E-state index is 0.213. The molecule has 1 aromatic rings. The van der Waals surface area contributed by atoms with Gasteiger partial charge in [0.05, 0.1) is 6.10 Å². The maximum Gasteiger partial charge on any atom is 0.306 e. The SMILES string of the molecule is O=C1CCC/C=C\C[C@@H]2[C@@H](/C=C/C(F)(F)COc3ccccc3)[C@H](O)C[C@@H]2O1. The van der Waals surface area contributed by atoms with Gasteiger partial charge in [0.25, 0.3) is 5.92 Å². The zero-order valence-corrected chi connectivity index (χ0v) is 15.7. The second kappa shape index (κ2) is 9.32. The normalized spacial score (nSPS) is 29.9. The predicted octanol–water partition coefficient (Wildman–Crippen LogP) is 4.30. The number of alkyl halides is 2. The van der Waals surface area contributed by atoms with Crippen molar-refractivity contribution in [2.45, 2.75) is 50.2 Å². The molecule has 0 unspecified atom stereocenters. The number of hydrogen-bond donors (Lipinski definition) is 1. The number of halogens is 2. The predicted molar refractivity (Wildman–Crippen MR) is 101 cm³/mol. The summed E-state index contributed by atoms with van der Waals surface area (Å²) >= 11 is 0. The number of carbonyl (C=O) groups excluding carboxylic acids is 1. The Labute approximate surface area is 163 Å². The first-order valence-electron chi connectivity index (χ1n) is 9.72. The van der Waals surface area contributed by atoms with Crippen LogP contribution in [-0.2, 0) is 9.53 Å². The number of esters is 1. The van der Waals surface area contributed by atoms with Crippen molar-refractivity contribution in [1.82, 2.24) is 0 Å². The Bertz CT molecular complexity index is 702. The number of carbonyl (C=O) groups is 1. The molecule has 28 heavy (non-hydrogen) atoms. The Morgan fingerprint density at radius 2 is 2.04 bits per heavy atom. The number of fused-ring (bicyclic) bond motifs is 1. The summed E-state index contributed by atoms with van der Waals surface area (Å²) in [6, 6.07) is 8.44. The van der Waals surface area contributed by atoms with Gasteiger partial charge in [0.2, 0.25) is 0 Å². The van der Waals surface area contributed by atoms with E-state index >= 15 is 0 Å². The number of rotatable bonds is 5. The van der Waals surface area contributed by atoms with Crippen LogP contribution in [0.5, 0.6) is 5.75 Å². The number of aliphatic hydroxyl groups excluding tert-OH is 1. The van der Waals surface area contributed by atoms with Gasteiger partial charge in [-0.3, -0.25) is 4.79 Å². The summed E-state index contributed by atoms with van der Waals surface area (Å²) < 4.78 is 39.2. The lowest BCUT2D eigenvalue weighted by Crippen LogP contribution is -2.27. The fraction of sp³-hybridized carbons (Fsp3) is 0.500. The summed E-state index contributed by atoms with van der Waals surface area (Å²) in [5.41, 5.74) is 0. The largest absolute Gasteiger partial charge is 0.487 e. The Morgan fingerprint density at radius 3 is 2.82 bits per heavy atom. The number of aliphatic hydroxyl groups is 1. The third kappa shape index (κ3) is 5.64. The van der Waals surface area contributed by atoms with Crippen molar-refractivity contribution >= 4 is 5.97 Å². The van der Waals surface area contributed by atoms with E-state index in [9.17, 15) is 18.7 Å². The van der Waals surface area contributed by atoms with E-state index in [1.54, 1.807) is 30.3 Å². The fourth-order valence-corrected chi connectivity index (χ4v) is 3.78. The Kier molecular flexibility index (Phi) is 6.83. The van der Waals surface area contributed by atoms with Gasteiger partial charge < -0.3 is 14.6 Å². The molecular formula is C22H26F2O4. The number of ether oxygens (including phenoxy) is 2. The molecule has 1 aliphatic heterocycles. The van der Waals surface area contributed by atoms with E-state index in [2.05, 4.69) is 0 Å². The molecule has 1 fully saturated rings. The molecular weight excluding hydrogens is 366 g/mol. The minimum atomic E-state index is -3.17. The van der Waals surface area contributed by atoms with Crippen LogP contribution in [0.15, 0.2) is 54.6 Å². The van der Waals surface area contributed by atoms with Gasteiger partial charge in [-0.05, 0) is 37.5 Å². The first kappa shape index (κ1) is 20.5. The lowest BCUT2D eigenvalue weighted by atomic mass is 9.89. The van der Waals surface area contributed by atoms with Crippen LogP contribution in [0.3, 0.4) is 0 Å². The highest BCUT2D eigenvalue weighted by Gasteiger charge is 2.43. The van der Waals surface area contributed by atoms with Crippen molar-refractivity contribution < 1.29 is 28.2 Å². The highest BCUT2D eigenvalue weighted by molar-refractivity contribution is 5.69. The van der Waals surface area contributed by atoms with Crippen LogP contribution in [0.1, 0.15) is 32.1 Å². The second-order valence-corrected chi connectivity index (χ2v) is 7.39. The van der Waals surface area contributed by atoms with Crippen LogP contribution in [-0.4, -0.2) is 35.8 Å². The summed E-state index contributed by atoms with van der Waals surface area (Å²) in [4.78, 5) is 11.9. The third-order valence-corrected chi connectivity index (χ3v) is 5.24. The molecule has 2 aliphatic rings. The molecule has 3 rings (SSSR count). The second-order valence-electron chi connectivity index (χ2n) is 7.39. The van der Waals surface area contributed by atoms with Gasteiger partial charge in [-0.1, -0.05) is 36.4 Å². The molecule has 4 atom stereocenters. The van der Waals surface area contributed by atoms with Crippen molar-refractivity contribution in [2.24, 2.45) is 11.8 Å². The van der Waals surface area contributed by atoms with Gasteiger partial charge in [0.15, 0.2) is 6.61 Å². The van der Waals surface area contributed by atoms with Crippen LogP contribution >= 0.6 is 0 Å². The van der Waals surface area contributed by atoms with Crippen molar-refractivity contribution in [3.63, 3.8) is 0 Å². The van der Waals surface area contributed by atoms with Crippen LogP contribution in [0.25, 0.3) is 0 Å². The average molecular weight is 392 g/mol. The van der Waals surface area contributed by atoms with Crippen LogP contribution in [0.2, 0.25) is 0 Å². The van der Waals surface area contributed by atoms with Gasteiger partial charge >= 0.3 is 5.97 Å². The highest BCUT2D eigenvalue weighted by atomic mass is 19.3. The number of allylic oxidation sites excluding steroid dienone is 2. The van der Waals surface area contributed by atoms with E-state index in [1.165, 1.54) is 6.08 Å². The molecule has 6 heteroatoms. The first-order chi connectivity index (χ1) is 13.4. The van der Waals surface area contributed by atoms with E-state index in [0.717, 1.165) is 18.9 Å². The van der Waals surface area contributed by atoms with Gasteiger partial charge in [-0.15, -0.1) is 0 Å². The van der Waals surface area contributed by atoms with E-state index in [4.69, 9.17) is 9.47 Å². The zero-order valence-electron chi connectivity index (χ0n) is 15.7. The number of benzene rings is 1. The molecule has 0 bridgehead atoms. The van der Waals surface area contributed by atoms with E-state index in [1.807, 2.05) is 12.2 Å². The zero-order chi connectivity index (χ0) is 20.0. The molecule has 0 saturated heterocycles. The van der Waals surface area contributed by atoms with Crippen LogP contribution in [0.4, 0.5) is 8.78 Å². The van der Waals surface area contributed by atoms with Crippen molar-refractivity contribution in [2.75, 3.05) is 6.61 Å². The summed E-state index contributed by atoms with van der Waals surface area (Å²) in [5.74, 6) is -3.79. The Balaban J connectivity index is 1.66. The topological polar surface area (TPSA) is 55.8 Å². The maximum absolute atomic E-state index is 14.2. The highest BCUT2D eigenvalue weighted by Crippen LogP contribution is 2.39.